The Hall–Kier alpha value is -2.07. The smallest absolute Gasteiger partial charge is 0.303 e. The lowest BCUT2D eigenvalue weighted by Crippen LogP contribution is -2.61. The van der Waals surface area contributed by atoms with Crippen molar-refractivity contribution in [3.05, 3.63) is 12.2 Å². The van der Waals surface area contributed by atoms with Crippen LogP contribution in [0.15, 0.2) is 12.2 Å². The molecule has 37 heavy (non-hydrogen) atoms. The summed E-state index contributed by atoms with van der Waals surface area (Å²) in [5, 5.41) is 0. The number of carbonyl (C=O) groups excluding carboxylic acids is 4. The second-order valence-corrected chi connectivity index (χ2v) is 10.3. The van der Waals surface area contributed by atoms with E-state index in [1.54, 1.807) is 0 Å². The van der Waals surface area contributed by atoms with Gasteiger partial charge in [0.2, 0.25) is 0 Å². The Labute approximate surface area is 225 Å². The van der Waals surface area contributed by atoms with Gasteiger partial charge in [-0.1, -0.05) is 64.0 Å². The van der Waals surface area contributed by atoms with Gasteiger partial charge >= 0.3 is 23.9 Å². The zero-order valence-electron chi connectivity index (χ0n) is 22.9. The molecule has 0 amide bonds. The first-order valence-electron chi connectivity index (χ1n) is 13.2. The van der Waals surface area contributed by atoms with E-state index >= 15 is 0 Å². The van der Waals surface area contributed by atoms with Crippen molar-refractivity contribution in [2.45, 2.75) is 122 Å². The number of carbonyl (C=O) groups is 4. The van der Waals surface area contributed by atoms with Crippen LogP contribution in [0.25, 0.3) is 0 Å². The molecular formula is C27H44O9S. The van der Waals surface area contributed by atoms with Gasteiger partial charge in [-0.3, -0.25) is 19.2 Å². The van der Waals surface area contributed by atoms with Crippen molar-refractivity contribution in [3.8, 4) is 0 Å². The molecule has 0 aromatic heterocycles. The fourth-order valence-electron chi connectivity index (χ4n) is 4.06. The molecule has 0 aliphatic carbocycles. The van der Waals surface area contributed by atoms with Gasteiger partial charge in [0.05, 0.1) is 0 Å². The normalized spacial score (nSPS) is 23.4. The third-order valence-corrected chi connectivity index (χ3v) is 6.79. The molecule has 0 aromatic carbocycles. The van der Waals surface area contributed by atoms with E-state index in [-0.39, 0.29) is 6.61 Å². The topological polar surface area (TPSA) is 114 Å². The maximum atomic E-state index is 11.9. The molecule has 1 aliphatic rings. The molecule has 1 heterocycles. The predicted octanol–water partition coefficient (Wildman–Crippen LogP) is 4.89. The molecule has 0 saturated carbocycles. The average Bonchev–Trinajstić information content (AvgIpc) is 2.81. The SMILES string of the molecule is CCCCCCCCCC/C=C/CS[C@@H]1O[C@H](COC(C)=O)[C@@H](OC(C)=O)[C@H](OC(C)=O)[C@H]1OC(C)=O. The summed E-state index contributed by atoms with van der Waals surface area (Å²) in [6.45, 7) is 6.90. The van der Waals surface area contributed by atoms with Gasteiger partial charge in [-0.05, 0) is 12.8 Å². The number of rotatable bonds is 17. The lowest BCUT2D eigenvalue weighted by molar-refractivity contribution is -0.237. The molecule has 1 fully saturated rings. The highest BCUT2D eigenvalue weighted by Gasteiger charge is 2.52. The fraction of sp³-hybridized carbons (Fsp3) is 0.778. The van der Waals surface area contributed by atoms with Crippen LogP contribution < -0.4 is 0 Å². The number of thioether (sulfide) groups is 1. The molecule has 0 radical (unpaired) electrons. The summed E-state index contributed by atoms with van der Waals surface area (Å²) in [6.07, 6.45) is 11.1. The molecule has 0 N–H and O–H groups in total. The highest BCUT2D eigenvalue weighted by Crippen LogP contribution is 2.34. The van der Waals surface area contributed by atoms with E-state index in [0.717, 1.165) is 12.8 Å². The minimum Gasteiger partial charge on any atom is -0.463 e. The lowest BCUT2D eigenvalue weighted by atomic mass is 9.99. The van der Waals surface area contributed by atoms with Crippen LogP contribution in [0.3, 0.4) is 0 Å². The van der Waals surface area contributed by atoms with Crippen LogP contribution in [0, 0.1) is 0 Å². The van der Waals surface area contributed by atoms with Gasteiger partial charge in [-0.2, -0.15) is 0 Å². The Balaban J connectivity index is 2.79. The quantitative estimate of drug-likeness (QED) is 0.108. The number of unbranched alkanes of at least 4 members (excludes halogenated alkanes) is 8. The summed E-state index contributed by atoms with van der Waals surface area (Å²) < 4.78 is 27.5. The van der Waals surface area contributed by atoms with Gasteiger partial charge in [-0.25, -0.2) is 0 Å². The van der Waals surface area contributed by atoms with E-state index < -0.39 is 53.7 Å². The first-order chi connectivity index (χ1) is 17.6. The number of esters is 4. The molecule has 1 aliphatic heterocycles. The van der Waals surface area contributed by atoms with Gasteiger partial charge in [0.1, 0.15) is 18.1 Å². The summed E-state index contributed by atoms with van der Waals surface area (Å²) in [6, 6.07) is 0. The third-order valence-electron chi connectivity index (χ3n) is 5.70. The Morgan fingerprint density at radius 2 is 1.24 bits per heavy atom. The van der Waals surface area contributed by atoms with Crippen LogP contribution in [-0.4, -0.2) is 66.1 Å². The molecular weight excluding hydrogens is 500 g/mol. The van der Waals surface area contributed by atoms with E-state index in [0.29, 0.717) is 5.75 Å². The molecule has 1 saturated heterocycles. The van der Waals surface area contributed by atoms with Crippen LogP contribution in [0.5, 0.6) is 0 Å². The molecule has 0 aromatic rings. The Kier molecular flexibility index (Phi) is 17.0. The molecule has 212 valence electrons. The first kappa shape index (κ1) is 33.0. The summed E-state index contributed by atoms with van der Waals surface area (Å²) in [5.41, 5.74) is -0.742. The van der Waals surface area contributed by atoms with Crippen molar-refractivity contribution in [3.63, 3.8) is 0 Å². The molecule has 9 nitrogen and oxygen atoms in total. The maximum absolute atomic E-state index is 11.9. The zero-order chi connectivity index (χ0) is 27.6. The van der Waals surface area contributed by atoms with E-state index in [9.17, 15) is 19.2 Å². The third kappa shape index (κ3) is 14.4. The summed E-state index contributed by atoms with van der Waals surface area (Å²) >= 11 is 1.36. The van der Waals surface area contributed by atoms with Crippen molar-refractivity contribution in [1.82, 2.24) is 0 Å². The van der Waals surface area contributed by atoms with Crippen LogP contribution >= 0.6 is 11.8 Å². The van der Waals surface area contributed by atoms with Gasteiger partial charge in [0, 0.05) is 33.4 Å². The van der Waals surface area contributed by atoms with E-state index in [1.807, 2.05) is 6.08 Å². The second kappa shape index (κ2) is 19.1. The summed E-state index contributed by atoms with van der Waals surface area (Å²) in [7, 11) is 0. The van der Waals surface area contributed by atoms with Crippen LogP contribution in [0.1, 0.15) is 92.4 Å². The monoisotopic (exact) mass is 544 g/mol. The van der Waals surface area contributed by atoms with Crippen molar-refractivity contribution in [1.29, 1.82) is 0 Å². The highest BCUT2D eigenvalue weighted by atomic mass is 32.2. The van der Waals surface area contributed by atoms with Crippen molar-refractivity contribution >= 4 is 35.6 Å². The fourth-order valence-corrected chi connectivity index (χ4v) is 5.11. The van der Waals surface area contributed by atoms with Crippen molar-refractivity contribution in [2.75, 3.05) is 12.4 Å². The first-order valence-corrected chi connectivity index (χ1v) is 14.3. The minimum absolute atomic E-state index is 0.219. The molecule has 0 bridgehead atoms. The van der Waals surface area contributed by atoms with Crippen LogP contribution in [0.2, 0.25) is 0 Å². The van der Waals surface area contributed by atoms with Gasteiger partial charge in [0.25, 0.3) is 0 Å². The second-order valence-electron chi connectivity index (χ2n) is 9.14. The Bertz CT molecular complexity index is 739. The molecule has 5 atom stereocenters. The Morgan fingerprint density at radius 1 is 0.703 bits per heavy atom. The number of hydrogen-bond donors (Lipinski definition) is 0. The summed E-state index contributed by atoms with van der Waals surface area (Å²) in [5.74, 6) is -1.85. The summed E-state index contributed by atoms with van der Waals surface area (Å²) in [4.78, 5) is 46.9. The zero-order valence-corrected chi connectivity index (χ0v) is 23.7. The lowest BCUT2D eigenvalue weighted by Gasteiger charge is -2.44. The van der Waals surface area contributed by atoms with Crippen LogP contribution in [0.4, 0.5) is 0 Å². The molecule has 10 heteroatoms. The van der Waals surface area contributed by atoms with Crippen molar-refractivity contribution < 1.29 is 42.9 Å². The predicted molar refractivity (Wildman–Crippen MR) is 141 cm³/mol. The van der Waals surface area contributed by atoms with Gasteiger partial charge in [-0.15, -0.1) is 11.8 Å². The number of allylic oxidation sites excluding steroid dienone is 1. The maximum Gasteiger partial charge on any atom is 0.303 e. The van der Waals surface area contributed by atoms with Gasteiger partial charge < -0.3 is 23.7 Å². The molecule has 0 unspecified atom stereocenters. The largest absolute Gasteiger partial charge is 0.463 e. The minimum atomic E-state index is -1.13. The average molecular weight is 545 g/mol. The van der Waals surface area contributed by atoms with Crippen molar-refractivity contribution in [2.24, 2.45) is 0 Å². The van der Waals surface area contributed by atoms with Gasteiger partial charge in [0.15, 0.2) is 18.3 Å². The molecule has 1 rings (SSSR count). The highest BCUT2D eigenvalue weighted by molar-refractivity contribution is 7.99. The Morgan fingerprint density at radius 3 is 1.81 bits per heavy atom. The number of hydrogen-bond acceptors (Lipinski definition) is 10. The van der Waals surface area contributed by atoms with E-state index in [1.165, 1.54) is 84.4 Å². The standard InChI is InChI=1S/C27H44O9S/c1-6-7-8-9-10-11-12-13-14-15-16-17-37-27-26(35-22(5)31)25(34-21(4)30)24(33-20(3)29)23(36-27)18-32-19(2)28/h15-16,23-27H,6-14,17-18H2,1-5H3/b16-15+/t23-,24-,25+,26-,27+/m1/s1. The number of ether oxygens (including phenoxy) is 5. The van der Waals surface area contributed by atoms with Crippen LogP contribution in [-0.2, 0) is 42.9 Å². The van der Waals surface area contributed by atoms with E-state index in [4.69, 9.17) is 23.7 Å². The molecule has 0 spiro atoms. The van der Waals surface area contributed by atoms with E-state index in [2.05, 4.69) is 13.0 Å².